The van der Waals surface area contributed by atoms with E-state index in [9.17, 15) is 14.7 Å². The van der Waals surface area contributed by atoms with Crippen molar-refractivity contribution < 1.29 is 19.4 Å². The molecule has 0 unspecified atom stereocenters. The van der Waals surface area contributed by atoms with E-state index in [1.54, 1.807) is 0 Å². The number of aliphatic hydroxyl groups excluding tert-OH is 1. The molecule has 5 saturated carbocycles. The lowest BCUT2D eigenvalue weighted by Gasteiger charge is -2.70. The number of hydrogen-bond acceptors (Lipinski definition) is 4. The molecule has 2 bridgehead atoms. The largest absolute Gasteiger partial charge is 0.469 e. The van der Waals surface area contributed by atoms with E-state index in [-0.39, 0.29) is 28.8 Å². The Hall–Kier alpha value is -0.900. The van der Waals surface area contributed by atoms with Crippen molar-refractivity contribution in [2.24, 2.45) is 39.9 Å². The molecule has 0 aliphatic heterocycles. The van der Waals surface area contributed by atoms with Crippen LogP contribution in [0.3, 0.4) is 0 Å². The molecular formula is C22H34O4. The van der Waals surface area contributed by atoms with Gasteiger partial charge in [-0.3, -0.25) is 4.79 Å². The normalized spacial score (nSPS) is 52.7. The number of rotatable bonds is 3. The van der Waals surface area contributed by atoms with Gasteiger partial charge in [-0.15, -0.1) is 0 Å². The van der Waals surface area contributed by atoms with E-state index in [4.69, 9.17) is 4.74 Å². The van der Waals surface area contributed by atoms with Gasteiger partial charge in [0.25, 0.3) is 0 Å². The van der Waals surface area contributed by atoms with Gasteiger partial charge in [0.1, 0.15) is 6.29 Å². The third-order valence-corrected chi connectivity index (χ3v) is 9.50. The first kappa shape index (κ1) is 18.5. The lowest BCUT2D eigenvalue weighted by molar-refractivity contribution is -0.245. The van der Waals surface area contributed by atoms with Gasteiger partial charge in [-0.25, -0.2) is 0 Å². The van der Waals surface area contributed by atoms with Gasteiger partial charge in [0.05, 0.1) is 18.6 Å². The van der Waals surface area contributed by atoms with Crippen molar-refractivity contribution in [3.05, 3.63) is 0 Å². The lowest BCUT2D eigenvalue weighted by atomic mass is 9.35. The summed E-state index contributed by atoms with van der Waals surface area (Å²) in [5.74, 6) is 1.36. The van der Waals surface area contributed by atoms with Crippen LogP contribution >= 0.6 is 0 Å². The van der Waals surface area contributed by atoms with Crippen molar-refractivity contribution in [3.63, 3.8) is 0 Å². The minimum atomic E-state index is -0.396. The molecular weight excluding hydrogens is 328 g/mol. The molecule has 4 heteroatoms. The average molecular weight is 363 g/mol. The first-order valence-corrected chi connectivity index (χ1v) is 10.5. The maximum atomic E-state index is 12.7. The van der Waals surface area contributed by atoms with Crippen LogP contribution in [0, 0.1) is 39.9 Å². The predicted octanol–water partition coefficient (Wildman–Crippen LogP) is 3.75. The minimum absolute atomic E-state index is 0.0396. The Morgan fingerprint density at radius 3 is 2.58 bits per heavy atom. The second-order valence-corrected chi connectivity index (χ2v) is 10.2. The molecule has 5 fully saturated rings. The molecule has 0 heterocycles. The van der Waals surface area contributed by atoms with E-state index in [0.717, 1.165) is 57.7 Å². The van der Waals surface area contributed by atoms with Gasteiger partial charge in [-0.1, -0.05) is 13.3 Å². The Morgan fingerprint density at radius 1 is 1.15 bits per heavy atom. The fourth-order valence-electron chi connectivity index (χ4n) is 8.38. The maximum absolute atomic E-state index is 12.7. The SMILES string of the molecule is COC(=O)[C@]1(C)CCC[C@@]2(C)[C@@H]3C[C@@H]4CC[C@@]3(CC[C@@H]21)[C@H](O)[C@H]4CC=O. The molecule has 4 nitrogen and oxygen atoms in total. The van der Waals surface area contributed by atoms with Gasteiger partial charge in [0, 0.05) is 6.42 Å². The van der Waals surface area contributed by atoms with Crippen LogP contribution in [0.15, 0.2) is 0 Å². The molecule has 0 radical (unpaired) electrons. The van der Waals surface area contributed by atoms with Gasteiger partial charge in [0.2, 0.25) is 0 Å². The van der Waals surface area contributed by atoms with Crippen molar-refractivity contribution in [2.75, 3.05) is 7.11 Å². The fourth-order valence-corrected chi connectivity index (χ4v) is 8.38. The number of methoxy groups -OCH3 is 1. The van der Waals surface area contributed by atoms with Crippen LogP contribution in [-0.4, -0.2) is 30.6 Å². The van der Waals surface area contributed by atoms with Crippen LogP contribution in [0.25, 0.3) is 0 Å². The van der Waals surface area contributed by atoms with Gasteiger partial charge >= 0.3 is 5.97 Å². The van der Waals surface area contributed by atoms with Crippen molar-refractivity contribution >= 4 is 12.3 Å². The summed E-state index contributed by atoms with van der Waals surface area (Å²) in [6.45, 7) is 4.51. The van der Waals surface area contributed by atoms with Crippen LogP contribution in [0.5, 0.6) is 0 Å². The number of esters is 1. The number of hydrogen-bond donors (Lipinski definition) is 1. The summed E-state index contributed by atoms with van der Waals surface area (Å²) >= 11 is 0. The summed E-state index contributed by atoms with van der Waals surface area (Å²) in [7, 11) is 1.51. The maximum Gasteiger partial charge on any atom is 0.311 e. The molecule has 0 saturated heterocycles. The summed E-state index contributed by atoms with van der Waals surface area (Å²) in [5.41, 5.74) is -0.347. The van der Waals surface area contributed by atoms with E-state index < -0.39 is 5.41 Å². The van der Waals surface area contributed by atoms with Gasteiger partial charge in [-0.2, -0.15) is 0 Å². The molecule has 0 aromatic rings. The first-order valence-electron chi connectivity index (χ1n) is 10.5. The van der Waals surface area contributed by atoms with Crippen LogP contribution in [-0.2, 0) is 14.3 Å². The highest BCUT2D eigenvalue weighted by molar-refractivity contribution is 5.77. The number of carbonyl (C=O) groups is 2. The van der Waals surface area contributed by atoms with Crippen LogP contribution in [0.4, 0.5) is 0 Å². The van der Waals surface area contributed by atoms with E-state index in [1.807, 2.05) is 0 Å². The zero-order valence-electron chi connectivity index (χ0n) is 16.5. The molecule has 1 spiro atoms. The second kappa shape index (κ2) is 6.05. The number of aliphatic hydroxyl groups is 1. The number of ether oxygens (including phenoxy) is 1. The summed E-state index contributed by atoms with van der Waals surface area (Å²) in [4.78, 5) is 23.9. The second-order valence-electron chi connectivity index (χ2n) is 10.2. The molecule has 5 aliphatic rings. The van der Waals surface area contributed by atoms with E-state index >= 15 is 0 Å². The lowest BCUT2D eigenvalue weighted by Crippen LogP contribution is -2.66. The zero-order chi connectivity index (χ0) is 18.7. The summed E-state index contributed by atoms with van der Waals surface area (Å²) in [5, 5.41) is 11.3. The van der Waals surface area contributed by atoms with Gasteiger partial charge in [0.15, 0.2) is 0 Å². The van der Waals surface area contributed by atoms with Crippen LogP contribution < -0.4 is 0 Å². The highest BCUT2D eigenvalue weighted by Gasteiger charge is 2.68. The van der Waals surface area contributed by atoms with Gasteiger partial charge < -0.3 is 14.6 Å². The summed E-state index contributed by atoms with van der Waals surface area (Å²) in [6, 6.07) is 0. The Balaban J connectivity index is 1.72. The van der Waals surface area contributed by atoms with E-state index in [1.165, 1.54) is 7.11 Å². The fraction of sp³-hybridized carbons (Fsp3) is 0.909. The highest BCUT2D eigenvalue weighted by Crippen LogP contribution is 2.72. The van der Waals surface area contributed by atoms with Crippen LogP contribution in [0.1, 0.15) is 71.6 Å². The Bertz CT molecular complexity index is 603. The number of fused-ring (bicyclic) bond motifs is 3. The quantitative estimate of drug-likeness (QED) is 0.613. The topological polar surface area (TPSA) is 63.6 Å². The number of aldehydes is 1. The zero-order valence-corrected chi connectivity index (χ0v) is 16.5. The average Bonchev–Trinajstić information content (AvgIpc) is 2.63. The standard InChI is InChI=1S/C22H34O4/c1-20-8-4-9-21(2,19(25)26-3)16(20)6-11-22-10-5-14(13-17(20)22)15(7-12-23)18(22)24/h12,14-18,24H,4-11,13H2,1-3H3/t14-,15-,16-,17-,18+,20+,21+,22-/m0/s1. The van der Waals surface area contributed by atoms with Crippen molar-refractivity contribution in [2.45, 2.75) is 77.7 Å². The molecule has 0 amide bonds. The predicted molar refractivity (Wildman–Crippen MR) is 98.2 cm³/mol. The Labute approximate surface area is 157 Å². The van der Waals surface area contributed by atoms with E-state index in [2.05, 4.69) is 13.8 Å². The summed E-state index contributed by atoms with van der Waals surface area (Å²) < 4.78 is 5.23. The minimum Gasteiger partial charge on any atom is -0.469 e. The van der Waals surface area contributed by atoms with E-state index in [0.29, 0.717) is 24.2 Å². The Kier molecular flexibility index (Phi) is 4.30. The Morgan fingerprint density at radius 2 is 1.88 bits per heavy atom. The monoisotopic (exact) mass is 362 g/mol. The third kappa shape index (κ3) is 2.17. The molecule has 0 aromatic heterocycles. The third-order valence-electron chi connectivity index (χ3n) is 9.50. The summed E-state index contributed by atoms with van der Waals surface area (Å²) in [6.07, 6.45) is 9.63. The molecule has 146 valence electrons. The molecule has 1 N–H and O–H groups in total. The first-order chi connectivity index (χ1) is 12.3. The highest BCUT2D eigenvalue weighted by atomic mass is 16.5. The van der Waals surface area contributed by atoms with Crippen molar-refractivity contribution in [1.29, 1.82) is 0 Å². The van der Waals surface area contributed by atoms with Gasteiger partial charge in [-0.05, 0) is 86.4 Å². The molecule has 0 aromatic carbocycles. The van der Waals surface area contributed by atoms with Crippen molar-refractivity contribution in [3.8, 4) is 0 Å². The molecule has 5 rings (SSSR count). The molecule has 5 aliphatic carbocycles. The van der Waals surface area contributed by atoms with Crippen LogP contribution in [0.2, 0.25) is 0 Å². The van der Waals surface area contributed by atoms with Crippen molar-refractivity contribution in [1.82, 2.24) is 0 Å². The molecule has 26 heavy (non-hydrogen) atoms. The molecule has 8 atom stereocenters. The smallest absolute Gasteiger partial charge is 0.311 e. The number of carbonyl (C=O) groups excluding carboxylic acids is 2.